The van der Waals surface area contributed by atoms with Crippen molar-refractivity contribution in [2.24, 2.45) is 7.05 Å². The lowest BCUT2D eigenvalue weighted by Crippen LogP contribution is -2.16. The van der Waals surface area contributed by atoms with Gasteiger partial charge >= 0.3 is 5.97 Å². The lowest BCUT2D eigenvalue weighted by atomic mass is 10.1. The Kier molecular flexibility index (Phi) is 7.61. The van der Waals surface area contributed by atoms with Gasteiger partial charge in [-0.3, -0.25) is 4.79 Å². The number of rotatable bonds is 9. The van der Waals surface area contributed by atoms with Crippen LogP contribution in [-0.4, -0.2) is 54.2 Å². The third-order valence-electron chi connectivity index (χ3n) is 5.93. The van der Waals surface area contributed by atoms with Crippen LogP contribution in [0.3, 0.4) is 0 Å². The van der Waals surface area contributed by atoms with Crippen LogP contribution in [0.1, 0.15) is 17.3 Å². The zero-order valence-electron chi connectivity index (χ0n) is 22.0. The molecule has 2 N–H and O–H groups in total. The standard InChI is InChI=1S/C28H30N6O4/c1-7-25(35)30-20-13-21(24(37-6)14-23(20)33(3)4)31-28-29-15-18(27(36)38-8-2)26(32-28)19-16-34(5)22-12-10-9-11-17(19)22/h7,9-16H,1,8H2,2-6H3,(H,30,35)(H,29,31,32). The zero-order valence-corrected chi connectivity index (χ0v) is 22.0. The number of nitrogens with one attached hydrogen (secondary N) is 2. The van der Waals surface area contributed by atoms with Crippen LogP contribution in [-0.2, 0) is 16.6 Å². The van der Waals surface area contributed by atoms with Crippen molar-refractivity contribution in [2.75, 3.05) is 43.3 Å². The van der Waals surface area contributed by atoms with E-state index in [2.05, 4.69) is 22.2 Å². The van der Waals surface area contributed by atoms with Crippen LogP contribution in [0.5, 0.6) is 5.75 Å². The van der Waals surface area contributed by atoms with E-state index >= 15 is 0 Å². The molecule has 0 aliphatic carbocycles. The minimum atomic E-state index is -0.510. The first kappa shape index (κ1) is 26.2. The van der Waals surface area contributed by atoms with E-state index in [9.17, 15) is 9.59 Å². The molecule has 2 heterocycles. The van der Waals surface area contributed by atoms with Gasteiger partial charge in [-0.15, -0.1) is 0 Å². The van der Waals surface area contributed by atoms with Crippen molar-refractivity contribution in [1.29, 1.82) is 0 Å². The Morgan fingerprint density at radius 3 is 2.63 bits per heavy atom. The van der Waals surface area contributed by atoms with Crippen LogP contribution in [0, 0.1) is 0 Å². The fraction of sp³-hybridized carbons (Fsp3) is 0.214. The summed E-state index contributed by atoms with van der Waals surface area (Å²) < 4.78 is 12.9. The fourth-order valence-electron chi connectivity index (χ4n) is 4.15. The van der Waals surface area contributed by atoms with Gasteiger partial charge in [-0.1, -0.05) is 24.8 Å². The predicted molar refractivity (Wildman–Crippen MR) is 149 cm³/mol. The number of hydrogen-bond acceptors (Lipinski definition) is 8. The topological polar surface area (TPSA) is 111 Å². The van der Waals surface area contributed by atoms with E-state index in [0.29, 0.717) is 22.8 Å². The molecule has 0 radical (unpaired) electrons. The number of benzene rings is 2. The molecule has 0 spiro atoms. The summed E-state index contributed by atoms with van der Waals surface area (Å²) in [6, 6.07) is 11.4. The molecule has 2 aromatic carbocycles. The van der Waals surface area contributed by atoms with Crippen molar-refractivity contribution in [1.82, 2.24) is 14.5 Å². The van der Waals surface area contributed by atoms with Crippen LogP contribution < -0.4 is 20.3 Å². The molecule has 0 bridgehead atoms. The number of carbonyl (C=O) groups excluding carboxylic acids is 2. The van der Waals surface area contributed by atoms with Gasteiger partial charge in [-0.2, -0.15) is 0 Å². The Morgan fingerprint density at radius 1 is 1.18 bits per heavy atom. The monoisotopic (exact) mass is 514 g/mol. The SMILES string of the molecule is C=CC(=O)Nc1cc(Nc2ncc(C(=O)OCC)c(-c3cn(C)c4ccccc34)n2)c(OC)cc1N(C)C. The van der Waals surface area contributed by atoms with Gasteiger partial charge in [0.2, 0.25) is 11.9 Å². The molecule has 4 aromatic rings. The van der Waals surface area contributed by atoms with E-state index in [0.717, 1.165) is 22.2 Å². The quantitative estimate of drug-likeness (QED) is 0.243. The molecule has 1 amide bonds. The van der Waals surface area contributed by atoms with E-state index in [1.165, 1.54) is 12.3 Å². The molecule has 4 rings (SSSR count). The second kappa shape index (κ2) is 11.0. The van der Waals surface area contributed by atoms with E-state index < -0.39 is 5.97 Å². The molecule has 0 saturated heterocycles. The van der Waals surface area contributed by atoms with Crippen molar-refractivity contribution < 1.29 is 19.1 Å². The summed E-state index contributed by atoms with van der Waals surface area (Å²) in [6.45, 7) is 5.50. The predicted octanol–water partition coefficient (Wildman–Crippen LogP) is 4.75. The number of esters is 1. The zero-order chi connectivity index (χ0) is 27.4. The highest BCUT2D eigenvalue weighted by Crippen LogP contribution is 2.38. The normalized spacial score (nSPS) is 10.7. The Morgan fingerprint density at radius 2 is 1.95 bits per heavy atom. The van der Waals surface area contributed by atoms with Gasteiger partial charge in [-0.25, -0.2) is 14.8 Å². The molecule has 0 atom stereocenters. The van der Waals surface area contributed by atoms with Crippen LogP contribution in [0.4, 0.5) is 23.0 Å². The lowest BCUT2D eigenvalue weighted by molar-refractivity contribution is -0.111. The van der Waals surface area contributed by atoms with Crippen molar-refractivity contribution in [3.63, 3.8) is 0 Å². The number of ether oxygens (including phenoxy) is 2. The first-order chi connectivity index (χ1) is 18.3. The second-order valence-electron chi connectivity index (χ2n) is 8.63. The number of para-hydroxylation sites is 1. The number of nitrogens with zero attached hydrogens (tertiary/aromatic N) is 4. The first-order valence-electron chi connectivity index (χ1n) is 12.0. The maximum absolute atomic E-state index is 12.8. The summed E-state index contributed by atoms with van der Waals surface area (Å²) in [5, 5.41) is 6.94. The number of methoxy groups -OCH3 is 1. The number of aryl methyl sites for hydroxylation is 1. The minimum absolute atomic E-state index is 0.225. The number of fused-ring (bicyclic) bond motifs is 1. The van der Waals surface area contributed by atoms with Gasteiger partial charge in [-0.05, 0) is 25.1 Å². The summed E-state index contributed by atoms with van der Waals surface area (Å²) in [6.07, 6.45) is 4.57. The molecule has 0 unspecified atom stereocenters. The number of carbonyl (C=O) groups is 2. The van der Waals surface area contributed by atoms with Crippen LogP contribution in [0.15, 0.2) is 61.4 Å². The fourth-order valence-corrected chi connectivity index (χ4v) is 4.15. The second-order valence-corrected chi connectivity index (χ2v) is 8.63. The average molecular weight is 515 g/mol. The molecular formula is C28H30N6O4. The van der Waals surface area contributed by atoms with Crippen LogP contribution >= 0.6 is 0 Å². The van der Waals surface area contributed by atoms with E-state index in [1.807, 2.05) is 61.1 Å². The molecule has 0 fully saturated rings. The maximum atomic E-state index is 12.8. The molecule has 10 nitrogen and oxygen atoms in total. The smallest absolute Gasteiger partial charge is 0.341 e. The summed E-state index contributed by atoms with van der Waals surface area (Å²) >= 11 is 0. The maximum Gasteiger partial charge on any atom is 0.341 e. The van der Waals surface area contributed by atoms with E-state index in [1.54, 1.807) is 26.2 Å². The average Bonchev–Trinajstić information content (AvgIpc) is 3.25. The van der Waals surface area contributed by atoms with Crippen molar-refractivity contribution in [2.45, 2.75) is 6.92 Å². The van der Waals surface area contributed by atoms with Gasteiger partial charge in [0.25, 0.3) is 0 Å². The number of hydrogen-bond donors (Lipinski definition) is 2. The molecule has 0 saturated carbocycles. The van der Waals surface area contributed by atoms with Gasteiger partial charge < -0.3 is 29.6 Å². The Hall–Kier alpha value is -4.86. The van der Waals surface area contributed by atoms with Gasteiger partial charge in [0.1, 0.15) is 11.3 Å². The van der Waals surface area contributed by atoms with Crippen molar-refractivity contribution >= 4 is 45.8 Å². The van der Waals surface area contributed by atoms with E-state index in [-0.39, 0.29) is 24.0 Å². The summed E-state index contributed by atoms with van der Waals surface area (Å²) in [4.78, 5) is 35.9. The van der Waals surface area contributed by atoms with E-state index in [4.69, 9.17) is 14.5 Å². The molecule has 10 heteroatoms. The van der Waals surface area contributed by atoms with Gasteiger partial charge in [0.15, 0.2) is 0 Å². The number of amides is 1. The van der Waals surface area contributed by atoms with Crippen molar-refractivity contribution in [3.8, 4) is 17.0 Å². The highest BCUT2D eigenvalue weighted by atomic mass is 16.5. The number of anilines is 4. The third kappa shape index (κ3) is 5.15. The van der Waals surface area contributed by atoms with Gasteiger partial charge in [0.05, 0.1) is 36.5 Å². The summed E-state index contributed by atoms with van der Waals surface area (Å²) in [5.74, 6) is -0.116. The Bertz CT molecular complexity index is 1530. The minimum Gasteiger partial charge on any atom is -0.494 e. The Balaban J connectivity index is 1.84. The molecule has 38 heavy (non-hydrogen) atoms. The first-order valence-corrected chi connectivity index (χ1v) is 12.0. The highest BCUT2D eigenvalue weighted by Gasteiger charge is 2.22. The number of aromatic nitrogens is 3. The largest absolute Gasteiger partial charge is 0.494 e. The third-order valence-corrected chi connectivity index (χ3v) is 5.93. The molecule has 196 valence electrons. The van der Waals surface area contributed by atoms with Crippen molar-refractivity contribution in [3.05, 3.63) is 67.0 Å². The van der Waals surface area contributed by atoms with Crippen LogP contribution in [0.2, 0.25) is 0 Å². The highest BCUT2D eigenvalue weighted by molar-refractivity contribution is 6.03. The van der Waals surface area contributed by atoms with Crippen LogP contribution in [0.25, 0.3) is 22.2 Å². The molecule has 0 aliphatic heterocycles. The summed E-state index contributed by atoms with van der Waals surface area (Å²) in [7, 11) is 7.21. The van der Waals surface area contributed by atoms with Gasteiger partial charge in [0, 0.05) is 56.1 Å². The molecule has 0 aliphatic rings. The molecule has 2 aromatic heterocycles. The Labute approximate surface area is 220 Å². The molecular weight excluding hydrogens is 484 g/mol. The lowest BCUT2D eigenvalue weighted by Gasteiger charge is -2.21. The summed E-state index contributed by atoms with van der Waals surface area (Å²) in [5.41, 5.74) is 4.24.